The summed E-state index contributed by atoms with van der Waals surface area (Å²) < 4.78 is 47.3. The molecule has 0 unspecified atom stereocenters. The molecule has 2 aromatic carbocycles. The summed E-state index contributed by atoms with van der Waals surface area (Å²) in [5, 5.41) is 2.51. The zero-order valence-corrected chi connectivity index (χ0v) is 14.7. The van der Waals surface area contributed by atoms with Gasteiger partial charge >= 0.3 is 6.18 Å². The maximum atomic E-state index is 12.3. The molecule has 0 aliphatic heterocycles. The Hall–Kier alpha value is -2.70. The standard InChI is InChI=1S/C19H20F3NO3/c1-12-8-13(2)18(14(3)9-12)25-10-17(24)23-15-6-4-5-7-16(15)26-11-19(20,21)22/h4-9H,10-11H2,1-3H3,(H,23,24). The molecule has 0 bridgehead atoms. The summed E-state index contributed by atoms with van der Waals surface area (Å²) in [5.41, 5.74) is 3.06. The molecule has 1 N–H and O–H groups in total. The lowest BCUT2D eigenvalue weighted by Gasteiger charge is -2.15. The number of para-hydroxylation sites is 2. The maximum absolute atomic E-state index is 12.3. The first-order chi connectivity index (χ1) is 12.2. The number of rotatable bonds is 6. The van der Waals surface area contributed by atoms with Gasteiger partial charge in [0.25, 0.3) is 5.91 Å². The van der Waals surface area contributed by atoms with Crippen molar-refractivity contribution in [3.63, 3.8) is 0 Å². The van der Waals surface area contributed by atoms with Gasteiger partial charge in [0.05, 0.1) is 5.69 Å². The van der Waals surface area contributed by atoms with Crippen LogP contribution in [0, 0.1) is 20.8 Å². The van der Waals surface area contributed by atoms with E-state index in [9.17, 15) is 18.0 Å². The van der Waals surface area contributed by atoms with E-state index < -0.39 is 18.7 Å². The summed E-state index contributed by atoms with van der Waals surface area (Å²) in [7, 11) is 0. The van der Waals surface area contributed by atoms with Crippen LogP contribution in [0.25, 0.3) is 0 Å². The summed E-state index contributed by atoms with van der Waals surface area (Å²) in [4.78, 5) is 12.1. The monoisotopic (exact) mass is 367 g/mol. The van der Waals surface area contributed by atoms with E-state index in [1.807, 2.05) is 32.9 Å². The van der Waals surface area contributed by atoms with Gasteiger partial charge in [-0.2, -0.15) is 13.2 Å². The number of hydrogen-bond donors (Lipinski definition) is 1. The van der Waals surface area contributed by atoms with E-state index in [-0.39, 0.29) is 18.0 Å². The summed E-state index contributed by atoms with van der Waals surface area (Å²) >= 11 is 0. The molecule has 0 aliphatic carbocycles. The molecule has 0 spiro atoms. The predicted molar refractivity (Wildman–Crippen MR) is 92.8 cm³/mol. The van der Waals surface area contributed by atoms with Crippen molar-refractivity contribution in [3.05, 3.63) is 53.1 Å². The van der Waals surface area contributed by atoms with Crippen molar-refractivity contribution in [2.24, 2.45) is 0 Å². The molecule has 0 heterocycles. The van der Waals surface area contributed by atoms with Gasteiger partial charge < -0.3 is 14.8 Å². The molecule has 2 rings (SSSR count). The zero-order chi connectivity index (χ0) is 19.3. The number of amides is 1. The van der Waals surface area contributed by atoms with Crippen molar-refractivity contribution in [2.45, 2.75) is 26.9 Å². The largest absolute Gasteiger partial charge is 0.483 e. The Morgan fingerprint density at radius 2 is 1.65 bits per heavy atom. The highest BCUT2D eigenvalue weighted by Gasteiger charge is 2.28. The Kier molecular flexibility index (Phi) is 6.13. The Labute approximate surface area is 149 Å². The van der Waals surface area contributed by atoms with Crippen LogP contribution in [0.15, 0.2) is 36.4 Å². The molecular formula is C19H20F3NO3. The second-order valence-electron chi connectivity index (χ2n) is 5.96. The average Bonchev–Trinajstić information content (AvgIpc) is 2.52. The van der Waals surface area contributed by atoms with Crippen LogP contribution in [0.1, 0.15) is 16.7 Å². The van der Waals surface area contributed by atoms with Gasteiger partial charge in [-0.3, -0.25) is 4.79 Å². The second kappa shape index (κ2) is 8.12. The molecule has 0 saturated heterocycles. The van der Waals surface area contributed by atoms with E-state index in [0.29, 0.717) is 5.75 Å². The molecule has 0 aromatic heterocycles. The van der Waals surface area contributed by atoms with Gasteiger partial charge in [0, 0.05) is 0 Å². The summed E-state index contributed by atoms with van der Waals surface area (Å²) in [6, 6.07) is 9.82. The lowest BCUT2D eigenvalue weighted by atomic mass is 10.1. The second-order valence-corrected chi connectivity index (χ2v) is 5.96. The molecule has 4 nitrogen and oxygen atoms in total. The van der Waals surface area contributed by atoms with E-state index in [0.717, 1.165) is 16.7 Å². The molecule has 0 aliphatic rings. The minimum atomic E-state index is -4.46. The van der Waals surface area contributed by atoms with Crippen molar-refractivity contribution in [1.82, 2.24) is 0 Å². The number of ether oxygens (including phenoxy) is 2. The number of aryl methyl sites for hydroxylation is 3. The molecular weight excluding hydrogens is 347 g/mol. The number of halogens is 3. The third kappa shape index (κ3) is 5.68. The third-order valence-corrected chi connectivity index (χ3v) is 3.50. The van der Waals surface area contributed by atoms with Gasteiger partial charge in [-0.25, -0.2) is 0 Å². The van der Waals surface area contributed by atoms with E-state index >= 15 is 0 Å². The average molecular weight is 367 g/mol. The summed E-state index contributed by atoms with van der Waals surface area (Å²) in [6.07, 6.45) is -4.46. The first kappa shape index (κ1) is 19.6. The smallest absolute Gasteiger partial charge is 0.422 e. The minimum absolute atomic E-state index is 0.0547. The van der Waals surface area contributed by atoms with Crippen LogP contribution >= 0.6 is 0 Å². The fourth-order valence-corrected chi connectivity index (χ4v) is 2.57. The Bertz CT molecular complexity index is 765. The number of hydrogen-bond acceptors (Lipinski definition) is 3. The van der Waals surface area contributed by atoms with Crippen LogP contribution in [0.4, 0.5) is 18.9 Å². The highest BCUT2D eigenvalue weighted by Crippen LogP contribution is 2.27. The summed E-state index contributed by atoms with van der Waals surface area (Å²) in [5.74, 6) is 0.0701. The lowest BCUT2D eigenvalue weighted by molar-refractivity contribution is -0.153. The fourth-order valence-electron chi connectivity index (χ4n) is 2.57. The van der Waals surface area contributed by atoms with E-state index in [4.69, 9.17) is 9.47 Å². The van der Waals surface area contributed by atoms with Crippen molar-refractivity contribution in [2.75, 3.05) is 18.5 Å². The summed E-state index contributed by atoms with van der Waals surface area (Å²) in [6.45, 7) is 4.03. The van der Waals surface area contributed by atoms with Gasteiger partial charge in [0.2, 0.25) is 0 Å². The van der Waals surface area contributed by atoms with Crippen LogP contribution in [-0.2, 0) is 4.79 Å². The fraction of sp³-hybridized carbons (Fsp3) is 0.316. The molecule has 0 radical (unpaired) electrons. The highest BCUT2D eigenvalue weighted by atomic mass is 19.4. The highest BCUT2D eigenvalue weighted by molar-refractivity contribution is 5.93. The van der Waals surface area contributed by atoms with Gasteiger partial charge in [-0.1, -0.05) is 29.8 Å². The van der Waals surface area contributed by atoms with Crippen LogP contribution < -0.4 is 14.8 Å². The first-order valence-electron chi connectivity index (χ1n) is 7.95. The van der Waals surface area contributed by atoms with Crippen molar-refractivity contribution in [1.29, 1.82) is 0 Å². The lowest BCUT2D eigenvalue weighted by Crippen LogP contribution is -2.23. The number of carbonyl (C=O) groups is 1. The quantitative estimate of drug-likeness (QED) is 0.814. The van der Waals surface area contributed by atoms with Gasteiger partial charge in [-0.05, 0) is 44.0 Å². The SMILES string of the molecule is Cc1cc(C)c(OCC(=O)Nc2ccccc2OCC(F)(F)F)c(C)c1. The van der Waals surface area contributed by atoms with Crippen LogP contribution in [-0.4, -0.2) is 25.3 Å². The molecule has 26 heavy (non-hydrogen) atoms. The van der Waals surface area contributed by atoms with Gasteiger partial charge in [-0.15, -0.1) is 0 Å². The minimum Gasteiger partial charge on any atom is -0.483 e. The van der Waals surface area contributed by atoms with Crippen LogP contribution in [0.5, 0.6) is 11.5 Å². The Morgan fingerprint density at radius 1 is 1.04 bits per heavy atom. The zero-order valence-electron chi connectivity index (χ0n) is 14.7. The molecule has 1 amide bonds. The normalized spacial score (nSPS) is 11.2. The molecule has 0 fully saturated rings. The Balaban J connectivity index is 2.00. The predicted octanol–water partition coefficient (Wildman–Crippen LogP) is 4.57. The van der Waals surface area contributed by atoms with E-state index in [1.54, 1.807) is 6.07 Å². The topological polar surface area (TPSA) is 47.6 Å². The van der Waals surface area contributed by atoms with Crippen molar-refractivity contribution in [3.8, 4) is 11.5 Å². The first-order valence-corrected chi connectivity index (χ1v) is 7.95. The number of carbonyl (C=O) groups excluding carboxylic acids is 1. The van der Waals surface area contributed by atoms with Crippen LogP contribution in [0.2, 0.25) is 0 Å². The van der Waals surface area contributed by atoms with Gasteiger partial charge in [0.1, 0.15) is 11.5 Å². The van der Waals surface area contributed by atoms with Crippen LogP contribution in [0.3, 0.4) is 0 Å². The molecule has 0 saturated carbocycles. The Morgan fingerprint density at radius 3 is 2.27 bits per heavy atom. The molecule has 2 aromatic rings. The number of anilines is 1. The van der Waals surface area contributed by atoms with Gasteiger partial charge in [0.15, 0.2) is 13.2 Å². The maximum Gasteiger partial charge on any atom is 0.422 e. The number of benzene rings is 2. The molecule has 140 valence electrons. The van der Waals surface area contributed by atoms with E-state index in [1.165, 1.54) is 18.2 Å². The van der Waals surface area contributed by atoms with Crippen molar-refractivity contribution >= 4 is 11.6 Å². The third-order valence-electron chi connectivity index (χ3n) is 3.50. The molecule has 7 heteroatoms. The molecule has 0 atom stereocenters. The van der Waals surface area contributed by atoms with Crippen molar-refractivity contribution < 1.29 is 27.4 Å². The van der Waals surface area contributed by atoms with E-state index in [2.05, 4.69) is 5.32 Å². The number of nitrogens with one attached hydrogen (secondary N) is 1. The number of alkyl halides is 3.